The summed E-state index contributed by atoms with van der Waals surface area (Å²) in [5, 5.41) is 12.4. The molecule has 2 amide bonds. The van der Waals surface area contributed by atoms with Gasteiger partial charge in [0.1, 0.15) is 0 Å². The second-order valence-corrected chi connectivity index (χ2v) is 9.37. The molecule has 0 saturated heterocycles. The van der Waals surface area contributed by atoms with Gasteiger partial charge in [-0.15, -0.1) is 0 Å². The van der Waals surface area contributed by atoms with Gasteiger partial charge in [0.15, 0.2) is 0 Å². The number of aliphatic carboxylic acids is 1. The number of hydrogen-bond acceptors (Lipinski definition) is 3. The summed E-state index contributed by atoms with van der Waals surface area (Å²) in [5.74, 6) is -1.47. The van der Waals surface area contributed by atoms with Gasteiger partial charge in [0.2, 0.25) is 0 Å². The third-order valence-corrected chi connectivity index (χ3v) is 6.66. The zero-order valence-electron chi connectivity index (χ0n) is 21.9. The highest BCUT2D eigenvalue weighted by Crippen LogP contribution is 2.29. The summed E-state index contributed by atoms with van der Waals surface area (Å²) in [6.45, 7) is 2.40. The highest BCUT2D eigenvalue weighted by molar-refractivity contribution is 6.06. The van der Waals surface area contributed by atoms with E-state index in [0.717, 1.165) is 11.1 Å². The maximum atomic E-state index is 13.8. The normalized spacial score (nSPS) is 11.4. The van der Waals surface area contributed by atoms with E-state index in [0.29, 0.717) is 35.2 Å². The first-order valence-electron chi connectivity index (χ1n) is 13.0. The molecule has 0 radical (unpaired) electrons. The van der Waals surface area contributed by atoms with E-state index in [2.05, 4.69) is 5.32 Å². The Balaban J connectivity index is 1.63. The van der Waals surface area contributed by atoms with Crippen molar-refractivity contribution in [1.82, 2.24) is 10.2 Å². The molecule has 4 aromatic carbocycles. The Labute approximate surface area is 228 Å². The summed E-state index contributed by atoms with van der Waals surface area (Å²) in [5.41, 5.74) is 4.20. The molecule has 6 nitrogen and oxygen atoms in total. The van der Waals surface area contributed by atoms with Crippen molar-refractivity contribution in [3.8, 4) is 11.1 Å². The van der Waals surface area contributed by atoms with Gasteiger partial charge in [-0.2, -0.15) is 0 Å². The SMILES string of the molecule is CC(NC(=O)c1ccccc1-c1ccccc1C(=O)N(CCC(=O)O)CCc1ccccc1)c1ccccc1. The molecule has 0 bridgehead atoms. The van der Waals surface area contributed by atoms with Crippen LogP contribution in [0.15, 0.2) is 109 Å². The van der Waals surface area contributed by atoms with Crippen LogP contribution in [0.2, 0.25) is 0 Å². The second-order valence-electron chi connectivity index (χ2n) is 9.37. The maximum absolute atomic E-state index is 13.8. The number of carboxylic acids is 1. The molecule has 4 aromatic rings. The second kappa shape index (κ2) is 13.2. The highest BCUT2D eigenvalue weighted by atomic mass is 16.4. The standard InChI is InChI=1S/C33H32N2O4/c1-24(26-14-6-3-7-15-26)34-32(38)29-18-10-8-16-27(29)28-17-9-11-19-30(28)33(39)35(23-21-31(36)37)22-20-25-12-4-2-5-13-25/h2-19,24H,20-23H2,1H3,(H,34,38)(H,36,37). The lowest BCUT2D eigenvalue weighted by molar-refractivity contribution is -0.137. The van der Waals surface area contributed by atoms with Crippen LogP contribution in [0.1, 0.15) is 51.2 Å². The van der Waals surface area contributed by atoms with E-state index in [9.17, 15) is 19.5 Å². The number of rotatable bonds is 11. The van der Waals surface area contributed by atoms with Crippen LogP contribution in [-0.4, -0.2) is 40.9 Å². The molecule has 39 heavy (non-hydrogen) atoms. The summed E-state index contributed by atoms with van der Waals surface area (Å²) in [6.07, 6.45) is 0.448. The minimum absolute atomic E-state index is 0.0893. The van der Waals surface area contributed by atoms with Gasteiger partial charge in [-0.05, 0) is 47.7 Å². The van der Waals surface area contributed by atoms with Crippen molar-refractivity contribution in [1.29, 1.82) is 0 Å². The van der Waals surface area contributed by atoms with E-state index < -0.39 is 5.97 Å². The van der Waals surface area contributed by atoms with Gasteiger partial charge >= 0.3 is 5.97 Å². The van der Waals surface area contributed by atoms with Crippen LogP contribution in [0.5, 0.6) is 0 Å². The zero-order chi connectivity index (χ0) is 27.6. The maximum Gasteiger partial charge on any atom is 0.305 e. The number of carbonyl (C=O) groups excluding carboxylic acids is 2. The molecule has 1 unspecified atom stereocenters. The molecule has 2 N–H and O–H groups in total. The Morgan fingerprint density at radius 2 is 1.26 bits per heavy atom. The monoisotopic (exact) mass is 520 g/mol. The molecule has 0 aliphatic heterocycles. The number of nitrogens with one attached hydrogen (secondary N) is 1. The van der Waals surface area contributed by atoms with Gasteiger partial charge in [0.05, 0.1) is 12.5 Å². The molecule has 0 saturated carbocycles. The van der Waals surface area contributed by atoms with E-state index in [1.165, 1.54) is 0 Å². The molecule has 6 heteroatoms. The van der Waals surface area contributed by atoms with Crippen molar-refractivity contribution in [3.05, 3.63) is 131 Å². The van der Waals surface area contributed by atoms with Crippen LogP contribution in [-0.2, 0) is 11.2 Å². The molecule has 0 aromatic heterocycles. The van der Waals surface area contributed by atoms with Crippen molar-refractivity contribution in [2.45, 2.75) is 25.8 Å². The zero-order valence-corrected chi connectivity index (χ0v) is 21.9. The van der Waals surface area contributed by atoms with Crippen molar-refractivity contribution >= 4 is 17.8 Å². The molecular weight excluding hydrogens is 488 g/mol. The van der Waals surface area contributed by atoms with Crippen LogP contribution in [0, 0.1) is 0 Å². The number of carboxylic acid groups (broad SMARTS) is 1. The van der Waals surface area contributed by atoms with Crippen molar-refractivity contribution in [3.63, 3.8) is 0 Å². The molecule has 4 rings (SSSR count). The Bertz CT molecular complexity index is 1420. The Kier molecular flexibility index (Phi) is 9.25. The Hall–Kier alpha value is -4.71. The first-order chi connectivity index (χ1) is 18.9. The van der Waals surface area contributed by atoms with Crippen LogP contribution in [0.25, 0.3) is 11.1 Å². The molecule has 0 heterocycles. The summed E-state index contributed by atoms with van der Waals surface area (Å²) >= 11 is 0. The fourth-order valence-corrected chi connectivity index (χ4v) is 4.54. The van der Waals surface area contributed by atoms with Gasteiger partial charge in [0, 0.05) is 24.2 Å². The first-order valence-corrected chi connectivity index (χ1v) is 13.0. The molecular formula is C33H32N2O4. The van der Waals surface area contributed by atoms with Crippen molar-refractivity contribution in [2.24, 2.45) is 0 Å². The minimum Gasteiger partial charge on any atom is -0.481 e. The summed E-state index contributed by atoms with van der Waals surface area (Å²) in [7, 11) is 0. The molecule has 0 aliphatic rings. The smallest absolute Gasteiger partial charge is 0.305 e. The number of carbonyl (C=O) groups is 3. The van der Waals surface area contributed by atoms with E-state index in [1.807, 2.05) is 91.9 Å². The van der Waals surface area contributed by atoms with E-state index >= 15 is 0 Å². The van der Waals surface area contributed by atoms with E-state index in [1.54, 1.807) is 29.2 Å². The van der Waals surface area contributed by atoms with E-state index in [4.69, 9.17) is 0 Å². The predicted molar refractivity (Wildman–Crippen MR) is 153 cm³/mol. The highest BCUT2D eigenvalue weighted by Gasteiger charge is 2.23. The number of hydrogen-bond donors (Lipinski definition) is 2. The fourth-order valence-electron chi connectivity index (χ4n) is 4.54. The largest absolute Gasteiger partial charge is 0.481 e. The number of nitrogens with zero attached hydrogens (tertiary/aromatic N) is 1. The van der Waals surface area contributed by atoms with Gasteiger partial charge in [-0.25, -0.2) is 0 Å². The third kappa shape index (κ3) is 7.20. The summed E-state index contributed by atoms with van der Waals surface area (Å²) < 4.78 is 0. The fraction of sp³-hybridized carbons (Fsp3) is 0.182. The van der Waals surface area contributed by atoms with Crippen LogP contribution >= 0.6 is 0 Å². The quantitative estimate of drug-likeness (QED) is 0.254. The van der Waals surface area contributed by atoms with Crippen LogP contribution in [0.4, 0.5) is 0 Å². The Morgan fingerprint density at radius 3 is 1.90 bits per heavy atom. The number of benzene rings is 4. The van der Waals surface area contributed by atoms with Gasteiger partial charge in [0.25, 0.3) is 11.8 Å². The van der Waals surface area contributed by atoms with Crippen LogP contribution < -0.4 is 5.32 Å². The Morgan fingerprint density at radius 1 is 0.718 bits per heavy atom. The first kappa shape index (κ1) is 27.3. The van der Waals surface area contributed by atoms with Crippen LogP contribution in [0.3, 0.4) is 0 Å². The lowest BCUT2D eigenvalue weighted by Crippen LogP contribution is -2.35. The van der Waals surface area contributed by atoms with Crippen molar-refractivity contribution in [2.75, 3.05) is 13.1 Å². The van der Waals surface area contributed by atoms with Gasteiger partial charge < -0.3 is 15.3 Å². The van der Waals surface area contributed by atoms with Gasteiger partial charge in [-0.1, -0.05) is 97.1 Å². The lowest BCUT2D eigenvalue weighted by Gasteiger charge is -2.24. The number of amides is 2. The average Bonchev–Trinajstić information content (AvgIpc) is 2.97. The van der Waals surface area contributed by atoms with Crippen molar-refractivity contribution < 1.29 is 19.5 Å². The third-order valence-electron chi connectivity index (χ3n) is 6.66. The molecule has 0 aliphatic carbocycles. The molecule has 0 fully saturated rings. The summed E-state index contributed by atoms with van der Waals surface area (Å²) in [6, 6.07) is 33.7. The molecule has 1 atom stereocenters. The predicted octanol–water partition coefficient (Wildman–Crippen LogP) is 6.00. The topological polar surface area (TPSA) is 86.7 Å². The van der Waals surface area contributed by atoms with Gasteiger partial charge in [-0.3, -0.25) is 14.4 Å². The minimum atomic E-state index is -0.963. The van der Waals surface area contributed by atoms with E-state index in [-0.39, 0.29) is 30.8 Å². The lowest BCUT2D eigenvalue weighted by atomic mass is 9.94. The molecule has 0 spiro atoms. The summed E-state index contributed by atoms with van der Waals surface area (Å²) in [4.78, 5) is 40.2. The average molecular weight is 521 g/mol. The molecule has 198 valence electrons.